The van der Waals surface area contributed by atoms with Gasteiger partial charge in [0.1, 0.15) is 9.96 Å². The predicted octanol–water partition coefficient (Wildman–Crippen LogP) is 2.07. The smallest absolute Gasteiger partial charge is 0.247 e. The molecule has 0 spiro atoms. The fourth-order valence-electron chi connectivity index (χ4n) is 1.47. The third-order valence-electron chi connectivity index (χ3n) is 2.23. The molecule has 6 heteroatoms. The fourth-order valence-corrected chi connectivity index (χ4v) is 3.23. The van der Waals surface area contributed by atoms with Crippen LogP contribution in [0.5, 0.6) is 5.75 Å². The van der Waals surface area contributed by atoms with Gasteiger partial charge >= 0.3 is 0 Å². The first kappa shape index (κ1) is 12.1. The van der Waals surface area contributed by atoms with Gasteiger partial charge in [0.05, 0.1) is 7.11 Å². The monoisotopic (exact) mass is 269 g/mol. The van der Waals surface area contributed by atoms with Crippen LogP contribution in [0, 0.1) is 0 Å². The highest BCUT2D eigenvalue weighted by molar-refractivity contribution is 7.91. The van der Waals surface area contributed by atoms with Crippen LogP contribution in [-0.2, 0) is 10.0 Å². The van der Waals surface area contributed by atoms with E-state index < -0.39 is 10.0 Å². The van der Waals surface area contributed by atoms with Crippen LogP contribution >= 0.6 is 11.3 Å². The second-order valence-corrected chi connectivity index (χ2v) is 6.24. The number of benzene rings is 1. The van der Waals surface area contributed by atoms with Crippen LogP contribution in [-0.4, -0.2) is 15.5 Å². The lowest BCUT2D eigenvalue weighted by atomic mass is 10.2. The molecule has 17 heavy (non-hydrogen) atoms. The molecule has 0 unspecified atom stereocenters. The Morgan fingerprint density at radius 2 is 1.88 bits per heavy atom. The number of para-hydroxylation sites is 1. The number of hydrogen-bond donors (Lipinski definition) is 1. The summed E-state index contributed by atoms with van der Waals surface area (Å²) in [5.41, 5.74) is 0.856. The van der Waals surface area contributed by atoms with E-state index >= 15 is 0 Å². The van der Waals surface area contributed by atoms with Crippen molar-refractivity contribution in [1.82, 2.24) is 0 Å². The van der Waals surface area contributed by atoms with Crippen molar-refractivity contribution >= 4 is 21.4 Å². The number of ether oxygens (including phenoxy) is 1. The van der Waals surface area contributed by atoms with Crippen LogP contribution in [0.25, 0.3) is 10.4 Å². The van der Waals surface area contributed by atoms with Crippen LogP contribution in [0.15, 0.2) is 40.6 Å². The molecule has 0 aliphatic rings. The summed E-state index contributed by atoms with van der Waals surface area (Å²) < 4.78 is 27.7. The highest BCUT2D eigenvalue weighted by Crippen LogP contribution is 2.35. The molecule has 1 heterocycles. The summed E-state index contributed by atoms with van der Waals surface area (Å²) in [5, 5.41) is 5.07. The summed E-state index contributed by atoms with van der Waals surface area (Å²) >= 11 is 1.13. The van der Waals surface area contributed by atoms with Crippen molar-refractivity contribution in [2.75, 3.05) is 7.11 Å². The Morgan fingerprint density at radius 1 is 1.18 bits per heavy atom. The first-order valence-electron chi connectivity index (χ1n) is 4.78. The van der Waals surface area contributed by atoms with Crippen LogP contribution in [0.4, 0.5) is 0 Å². The Morgan fingerprint density at radius 3 is 2.47 bits per heavy atom. The summed E-state index contributed by atoms with van der Waals surface area (Å²) in [6, 6.07) is 10.7. The molecule has 1 aromatic carbocycles. The molecule has 0 saturated heterocycles. The zero-order valence-corrected chi connectivity index (χ0v) is 10.7. The van der Waals surface area contributed by atoms with Crippen molar-refractivity contribution in [3.63, 3.8) is 0 Å². The fraction of sp³-hybridized carbons (Fsp3) is 0.0909. The Kier molecular flexibility index (Phi) is 3.19. The van der Waals surface area contributed by atoms with Crippen LogP contribution in [0.3, 0.4) is 0 Å². The quantitative estimate of drug-likeness (QED) is 0.927. The molecule has 0 saturated carbocycles. The number of primary sulfonamides is 1. The molecular weight excluding hydrogens is 258 g/mol. The van der Waals surface area contributed by atoms with Crippen molar-refractivity contribution in [3.8, 4) is 16.2 Å². The average molecular weight is 269 g/mol. The molecule has 2 N–H and O–H groups in total. The minimum absolute atomic E-state index is 0.151. The SMILES string of the molecule is COc1ccccc1-c1ccc(S(N)(=O)=O)s1. The van der Waals surface area contributed by atoms with E-state index in [0.717, 1.165) is 21.8 Å². The normalized spacial score (nSPS) is 11.4. The Labute approximate surface area is 104 Å². The Balaban J connectivity index is 2.51. The first-order valence-corrected chi connectivity index (χ1v) is 7.14. The summed E-state index contributed by atoms with van der Waals surface area (Å²) in [6.45, 7) is 0. The van der Waals surface area contributed by atoms with Crippen LogP contribution in [0.2, 0.25) is 0 Å². The number of thiophene rings is 1. The topological polar surface area (TPSA) is 69.4 Å². The van der Waals surface area contributed by atoms with Gasteiger partial charge in [0.2, 0.25) is 10.0 Å². The van der Waals surface area contributed by atoms with Gasteiger partial charge in [0.25, 0.3) is 0 Å². The highest BCUT2D eigenvalue weighted by atomic mass is 32.2. The maximum Gasteiger partial charge on any atom is 0.247 e. The zero-order valence-electron chi connectivity index (χ0n) is 9.08. The van der Waals surface area contributed by atoms with Crippen LogP contribution in [0.1, 0.15) is 0 Å². The third-order valence-corrected chi connectivity index (χ3v) is 4.79. The molecule has 2 rings (SSSR count). The van der Waals surface area contributed by atoms with Gasteiger partial charge in [-0.3, -0.25) is 0 Å². The molecule has 90 valence electrons. The van der Waals surface area contributed by atoms with Gasteiger partial charge in [-0.1, -0.05) is 12.1 Å². The van der Waals surface area contributed by atoms with Gasteiger partial charge in [-0.15, -0.1) is 11.3 Å². The van der Waals surface area contributed by atoms with E-state index in [4.69, 9.17) is 9.88 Å². The van der Waals surface area contributed by atoms with E-state index in [1.54, 1.807) is 13.2 Å². The second-order valence-electron chi connectivity index (χ2n) is 3.36. The van der Waals surface area contributed by atoms with E-state index in [1.165, 1.54) is 6.07 Å². The molecule has 1 aromatic heterocycles. The second kappa shape index (κ2) is 4.48. The zero-order chi connectivity index (χ0) is 12.5. The number of rotatable bonds is 3. The minimum atomic E-state index is -3.63. The van der Waals surface area contributed by atoms with Gasteiger partial charge in [0, 0.05) is 10.4 Å². The Bertz CT molecular complexity index is 632. The maximum atomic E-state index is 11.2. The number of hydrogen-bond acceptors (Lipinski definition) is 4. The van der Waals surface area contributed by atoms with Gasteiger partial charge in [-0.05, 0) is 24.3 Å². The van der Waals surface area contributed by atoms with Gasteiger partial charge in [-0.25, -0.2) is 13.6 Å². The number of sulfonamides is 1. The average Bonchev–Trinajstić information content (AvgIpc) is 2.77. The largest absolute Gasteiger partial charge is 0.496 e. The van der Waals surface area contributed by atoms with Crippen molar-refractivity contribution in [2.45, 2.75) is 4.21 Å². The standard InChI is InChI=1S/C11H11NO3S2/c1-15-9-5-3-2-4-8(9)10-6-7-11(16-10)17(12,13)14/h2-7H,1H3,(H2,12,13,14). The molecule has 0 amide bonds. The maximum absolute atomic E-state index is 11.2. The molecule has 0 aliphatic heterocycles. The molecule has 0 bridgehead atoms. The van der Waals surface area contributed by atoms with E-state index in [9.17, 15) is 8.42 Å². The molecule has 2 aromatic rings. The van der Waals surface area contributed by atoms with Gasteiger partial charge in [0.15, 0.2) is 0 Å². The van der Waals surface area contributed by atoms with E-state index in [0.29, 0.717) is 5.75 Å². The van der Waals surface area contributed by atoms with Gasteiger partial charge in [-0.2, -0.15) is 0 Å². The van der Waals surface area contributed by atoms with Crippen molar-refractivity contribution in [1.29, 1.82) is 0 Å². The lowest BCUT2D eigenvalue weighted by Crippen LogP contribution is -2.09. The molecule has 4 nitrogen and oxygen atoms in total. The summed E-state index contributed by atoms with van der Waals surface area (Å²) in [6.07, 6.45) is 0. The Hall–Kier alpha value is -1.37. The highest BCUT2D eigenvalue weighted by Gasteiger charge is 2.13. The lowest BCUT2D eigenvalue weighted by Gasteiger charge is -2.05. The predicted molar refractivity (Wildman–Crippen MR) is 67.7 cm³/mol. The number of nitrogens with two attached hydrogens (primary N) is 1. The molecule has 0 radical (unpaired) electrons. The molecule has 0 fully saturated rings. The van der Waals surface area contributed by atoms with E-state index in [-0.39, 0.29) is 4.21 Å². The van der Waals surface area contributed by atoms with E-state index in [2.05, 4.69) is 0 Å². The lowest BCUT2D eigenvalue weighted by molar-refractivity contribution is 0.416. The van der Waals surface area contributed by atoms with Crippen molar-refractivity contribution < 1.29 is 13.2 Å². The third kappa shape index (κ3) is 2.49. The minimum Gasteiger partial charge on any atom is -0.496 e. The molecular formula is C11H11NO3S2. The summed E-state index contributed by atoms with van der Waals surface area (Å²) in [4.78, 5) is 0.812. The molecule has 0 aliphatic carbocycles. The molecule has 0 atom stereocenters. The van der Waals surface area contributed by atoms with Crippen molar-refractivity contribution in [3.05, 3.63) is 36.4 Å². The van der Waals surface area contributed by atoms with E-state index in [1.807, 2.05) is 24.3 Å². The van der Waals surface area contributed by atoms with Gasteiger partial charge < -0.3 is 4.74 Å². The summed E-state index contributed by atoms with van der Waals surface area (Å²) in [7, 11) is -2.06. The van der Waals surface area contributed by atoms with Crippen LogP contribution < -0.4 is 9.88 Å². The first-order chi connectivity index (χ1) is 8.02. The van der Waals surface area contributed by atoms with Crippen molar-refractivity contribution in [2.24, 2.45) is 5.14 Å². The summed E-state index contributed by atoms with van der Waals surface area (Å²) in [5.74, 6) is 0.704. The number of methoxy groups -OCH3 is 1.